The van der Waals surface area contributed by atoms with Gasteiger partial charge in [-0.2, -0.15) is 0 Å². The molecule has 27 heavy (non-hydrogen) atoms. The van der Waals surface area contributed by atoms with Crippen LogP contribution in [0.4, 0.5) is 0 Å². The van der Waals surface area contributed by atoms with Crippen LogP contribution in [0.15, 0.2) is 56.8 Å². The molecule has 0 radical (unpaired) electrons. The lowest BCUT2D eigenvalue weighted by Crippen LogP contribution is -2.32. The normalized spacial score (nSPS) is 11.2. The maximum atomic E-state index is 12.9. The number of rotatable bonds is 3. The molecule has 0 amide bonds. The number of aromatic nitrogens is 3. The van der Waals surface area contributed by atoms with Crippen molar-refractivity contribution in [2.45, 2.75) is 0 Å². The van der Waals surface area contributed by atoms with Gasteiger partial charge in [0.05, 0.1) is 11.2 Å². The van der Waals surface area contributed by atoms with Gasteiger partial charge in [-0.15, -0.1) is 12.6 Å². The van der Waals surface area contributed by atoms with Gasteiger partial charge < -0.3 is 9.72 Å². The summed E-state index contributed by atoms with van der Waals surface area (Å²) in [5.41, 5.74) is -1.08. The second kappa shape index (κ2) is 6.64. The Morgan fingerprint density at radius 1 is 1.07 bits per heavy atom. The summed E-state index contributed by atoms with van der Waals surface area (Å²) in [5, 5.41) is 2.95. The first-order valence-electron chi connectivity index (χ1n) is 7.84. The van der Waals surface area contributed by atoms with Crippen molar-refractivity contribution in [3.8, 4) is 11.4 Å². The highest BCUT2D eigenvalue weighted by Gasteiger charge is 2.15. The van der Waals surface area contributed by atoms with E-state index in [0.717, 1.165) is 4.68 Å². The van der Waals surface area contributed by atoms with Gasteiger partial charge in [-0.05, 0) is 42.5 Å². The van der Waals surface area contributed by atoms with Crippen LogP contribution in [0.2, 0.25) is 5.02 Å². The molecular formula is C18H12ClN3O4S. The summed E-state index contributed by atoms with van der Waals surface area (Å²) in [7, 11) is 0. The van der Waals surface area contributed by atoms with Crippen LogP contribution in [-0.2, 0) is 0 Å². The first-order valence-corrected chi connectivity index (χ1v) is 8.85. The lowest BCUT2D eigenvalue weighted by atomic mass is 10.1. The minimum absolute atomic E-state index is 0.0916. The van der Waals surface area contributed by atoms with Crippen molar-refractivity contribution in [2.75, 3.05) is 5.94 Å². The van der Waals surface area contributed by atoms with Gasteiger partial charge in [0.15, 0.2) is 0 Å². The van der Waals surface area contributed by atoms with E-state index in [2.05, 4.69) is 22.7 Å². The zero-order chi connectivity index (χ0) is 19.1. The quantitative estimate of drug-likeness (QED) is 0.279. The number of thiol groups is 1. The Balaban J connectivity index is 2.03. The van der Waals surface area contributed by atoms with E-state index in [4.69, 9.17) is 16.3 Å². The number of pyridine rings is 1. The van der Waals surface area contributed by atoms with E-state index >= 15 is 0 Å². The van der Waals surface area contributed by atoms with E-state index in [1.165, 1.54) is 12.1 Å². The molecule has 0 saturated carbocycles. The fraction of sp³-hybridized carbons (Fsp3) is 0.0556. The highest BCUT2D eigenvalue weighted by molar-refractivity contribution is 7.80. The smallest absolute Gasteiger partial charge is 0.287 e. The number of hydrogen-bond donors (Lipinski definition) is 3. The Bertz CT molecular complexity index is 1360. The number of nitrogens with one attached hydrogen (secondary N) is 2. The van der Waals surface area contributed by atoms with E-state index in [9.17, 15) is 14.4 Å². The number of ether oxygens (including phenoxy) is 1. The average Bonchev–Trinajstić information content (AvgIpc) is 2.65. The molecule has 136 valence electrons. The third-order valence-electron chi connectivity index (χ3n) is 4.15. The Labute approximate surface area is 161 Å². The summed E-state index contributed by atoms with van der Waals surface area (Å²) >= 11 is 9.92. The van der Waals surface area contributed by atoms with E-state index in [0.29, 0.717) is 22.0 Å². The Kier molecular flexibility index (Phi) is 4.29. The number of halogens is 1. The molecule has 2 heterocycles. The van der Waals surface area contributed by atoms with Crippen LogP contribution in [0.3, 0.4) is 0 Å². The largest absolute Gasteiger partial charge is 0.483 e. The number of aromatic amines is 2. The van der Waals surface area contributed by atoms with Crippen molar-refractivity contribution in [2.24, 2.45) is 0 Å². The average molecular weight is 402 g/mol. The molecule has 2 N–H and O–H groups in total. The van der Waals surface area contributed by atoms with Gasteiger partial charge in [-0.3, -0.25) is 19.5 Å². The van der Waals surface area contributed by atoms with Gasteiger partial charge in [0.25, 0.3) is 11.1 Å². The van der Waals surface area contributed by atoms with Crippen molar-refractivity contribution >= 4 is 46.0 Å². The number of H-pyrrole nitrogens is 2. The lowest BCUT2D eigenvalue weighted by molar-refractivity contribution is 0.394. The highest BCUT2D eigenvalue weighted by atomic mass is 35.5. The molecule has 0 saturated heterocycles. The second-order valence-corrected chi connectivity index (χ2v) is 6.44. The molecule has 0 atom stereocenters. The maximum Gasteiger partial charge on any atom is 0.287 e. The number of hydrogen-bond acceptors (Lipinski definition) is 5. The van der Waals surface area contributed by atoms with Crippen molar-refractivity contribution in [3.05, 3.63) is 78.4 Å². The van der Waals surface area contributed by atoms with Crippen molar-refractivity contribution in [1.29, 1.82) is 0 Å². The van der Waals surface area contributed by atoms with Crippen LogP contribution in [0.5, 0.6) is 5.75 Å². The van der Waals surface area contributed by atoms with Crippen LogP contribution in [0, 0.1) is 0 Å². The Hall–Kier alpha value is -2.97. The van der Waals surface area contributed by atoms with Crippen molar-refractivity contribution < 1.29 is 4.74 Å². The lowest BCUT2D eigenvalue weighted by Gasteiger charge is -2.09. The third-order valence-corrected chi connectivity index (χ3v) is 4.51. The minimum Gasteiger partial charge on any atom is -0.483 e. The van der Waals surface area contributed by atoms with Gasteiger partial charge in [0.2, 0.25) is 5.43 Å². The number of benzene rings is 2. The molecule has 0 aliphatic heterocycles. The summed E-state index contributed by atoms with van der Waals surface area (Å²) < 4.78 is 6.27. The van der Waals surface area contributed by atoms with Crippen molar-refractivity contribution in [1.82, 2.24) is 14.8 Å². The van der Waals surface area contributed by atoms with E-state index in [-0.39, 0.29) is 22.2 Å². The zero-order valence-electron chi connectivity index (χ0n) is 13.7. The molecule has 0 aliphatic rings. The Morgan fingerprint density at radius 2 is 1.81 bits per heavy atom. The van der Waals surface area contributed by atoms with Crippen LogP contribution in [0.25, 0.3) is 27.5 Å². The molecular weight excluding hydrogens is 390 g/mol. The molecule has 4 aromatic rings. The fourth-order valence-corrected chi connectivity index (χ4v) is 3.23. The van der Waals surface area contributed by atoms with Gasteiger partial charge in [0, 0.05) is 10.4 Å². The van der Waals surface area contributed by atoms with Gasteiger partial charge in [0.1, 0.15) is 22.6 Å². The molecule has 2 aromatic carbocycles. The highest BCUT2D eigenvalue weighted by Crippen LogP contribution is 2.17. The standard InChI is InChI=1S/C18H12ClN3O4S/c19-9-1-6-12-13(7-9)20-15-14(16(12)23)18(25)22(21-17(15)24)10-2-4-11(5-3-10)26-8-27/h1-7,27H,8H2,(H,20,23)(H,21,24). The first-order chi connectivity index (χ1) is 13.0. The van der Waals surface area contributed by atoms with Crippen LogP contribution in [-0.4, -0.2) is 20.7 Å². The van der Waals surface area contributed by atoms with E-state index in [1.807, 2.05) is 0 Å². The summed E-state index contributed by atoms with van der Waals surface area (Å²) in [4.78, 5) is 41.1. The molecule has 0 spiro atoms. The fourth-order valence-electron chi connectivity index (χ4n) is 2.91. The van der Waals surface area contributed by atoms with E-state index in [1.54, 1.807) is 30.3 Å². The van der Waals surface area contributed by atoms with E-state index < -0.39 is 16.5 Å². The van der Waals surface area contributed by atoms with Crippen LogP contribution < -0.4 is 21.3 Å². The van der Waals surface area contributed by atoms with Gasteiger partial charge in [-0.1, -0.05) is 11.6 Å². The maximum absolute atomic E-state index is 12.9. The molecule has 0 unspecified atom stereocenters. The van der Waals surface area contributed by atoms with Crippen LogP contribution in [0.1, 0.15) is 0 Å². The topological polar surface area (TPSA) is 96.9 Å². The molecule has 4 rings (SSSR count). The zero-order valence-corrected chi connectivity index (χ0v) is 15.3. The summed E-state index contributed by atoms with van der Waals surface area (Å²) in [6.45, 7) is 0. The summed E-state index contributed by atoms with van der Waals surface area (Å²) in [6.07, 6.45) is 0. The van der Waals surface area contributed by atoms with Gasteiger partial charge >= 0.3 is 0 Å². The first kappa shape index (κ1) is 17.4. The summed E-state index contributed by atoms with van der Waals surface area (Å²) in [5.74, 6) is 0.768. The van der Waals surface area contributed by atoms with Crippen molar-refractivity contribution in [3.63, 3.8) is 0 Å². The van der Waals surface area contributed by atoms with Gasteiger partial charge in [-0.25, -0.2) is 4.68 Å². The predicted octanol–water partition coefficient (Wildman–Crippen LogP) is 2.44. The monoisotopic (exact) mass is 401 g/mol. The second-order valence-electron chi connectivity index (χ2n) is 5.74. The SMILES string of the molecule is O=c1[nH]n(-c2ccc(OCS)cc2)c(=O)c2c(=O)c3ccc(Cl)cc3[nH]c12. The molecule has 7 nitrogen and oxygen atoms in total. The molecule has 0 aliphatic carbocycles. The predicted molar refractivity (Wildman–Crippen MR) is 108 cm³/mol. The number of nitrogens with zero attached hydrogens (tertiary/aromatic N) is 1. The molecule has 0 bridgehead atoms. The molecule has 9 heteroatoms. The summed E-state index contributed by atoms with van der Waals surface area (Å²) in [6, 6.07) is 11.1. The molecule has 0 fully saturated rings. The Morgan fingerprint density at radius 3 is 2.52 bits per heavy atom. The third kappa shape index (κ3) is 2.92. The molecule has 2 aromatic heterocycles. The number of fused-ring (bicyclic) bond motifs is 2. The van der Waals surface area contributed by atoms with Crippen LogP contribution >= 0.6 is 24.2 Å². The minimum atomic E-state index is -0.634.